The van der Waals surface area contributed by atoms with E-state index in [0.29, 0.717) is 19.4 Å². The molecular weight excluding hydrogens is 530 g/mol. The van der Waals surface area contributed by atoms with Gasteiger partial charge >= 0.3 is 12.2 Å². The summed E-state index contributed by atoms with van der Waals surface area (Å²) in [7, 11) is 0. The number of halogens is 4. The zero-order chi connectivity index (χ0) is 28.0. The predicted molar refractivity (Wildman–Crippen MR) is 144 cm³/mol. The van der Waals surface area contributed by atoms with E-state index < -0.39 is 17.8 Å². The molecule has 2 aromatic carbocycles. The molecule has 0 saturated heterocycles. The van der Waals surface area contributed by atoms with Crippen LogP contribution >= 0.6 is 11.3 Å². The van der Waals surface area contributed by atoms with Crippen LogP contribution < -0.4 is 5.32 Å². The highest BCUT2D eigenvalue weighted by Gasteiger charge is 2.35. The second-order valence-electron chi connectivity index (χ2n) is 9.80. The van der Waals surface area contributed by atoms with Crippen LogP contribution in [0.2, 0.25) is 0 Å². The summed E-state index contributed by atoms with van der Waals surface area (Å²) in [6.07, 6.45) is -0.552. The largest absolute Gasteiger partial charge is 0.418 e. The molecule has 208 valence electrons. The molecule has 1 saturated carbocycles. The summed E-state index contributed by atoms with van der Waals surface area (Å²) in [5.74, 6) is -0.720. The summed E-state index contributed by atoms with van der Waals surface area (Å²) in [4.78, 5) is 31.2. The zero-order valence-electron chi connectivity index (χ0n) is 21.6. The van der Waals surface area contributed by atoms with Crippen molar-refractivity contribution in [2.24, 2.45) is 0 Å². The average molecular weight is 562 g/mol. The van der Waals surface area contributed by atoms with Crippen molar-refractivity contribution >= 4 is 29.0 Å². The number of aryl methyl sites for hydroxylation is 1. The summed E-state index contributed by atoms with van der Waals surface area (Å²) in [6.45, 7) is 2.17. The van der Waals surface area contributed by atoms with Gasteiger partial charge in [0.15, 0.2) is 0 Å². The van der Waals surface area contributed by atoms with E-state index in [4.69, 9.17) is 0 Å². The maximum Gasteiger partial charge on any atom is 0.418 e. The van der Waals surface area contributed by atoms with Crippen LogP contribution in [0.15, 0.2) is 60.0 Å². The Kier molecular flexibility index (Phi) is 9.27. The number of hydrogen-bond donors (Lipinski definition) is 1. The van der Waals surface area contributed by atoms with Gasteiger partial charge in [0.25, 0.3) is 0 Å². The van der Waals surface area contributed by atoms with Gasteiger partial charge in [-0.15, -0.1) is 11.3 Å². The van der Waals surface area contributed by atoms with Crippen LogP contribution in [0.5, 0.6) is 0 Å². The van der Waals surface area contributed by atoms with Crippen molar-refractivity contribution in [1.82, 2.24) is 9.80 Å². The third kappa shape index (κ3) is 7.59. The molecule has 1 N–H and O–H groups in total. The lowest BCUT2D eigenvalue weighted by Crippen LogP contribution is -2.49. The Morgan fingerprint density at radius 2 is 1.67 bits per heavy atom. The Bertz CT molecular complexity index is 1270. The van der Waals surface area contributed by atoms with Gasteiger partial charge in [-0.25, -0.2) is 9.18 Å². The molecule has 1 aromatic heterocycles. The van der Waals surface area contributed by atoms with Crippen LogP contribution in [0.4, 0.5) is 28.0 Å². The maximum atomic E-state index is 13.7. The summed E-state index contributed by atoms with van der Waals surface area (Å²) in [6, 6.07) is 11.6. The molecule has 1 heterocycles. The highest BCUT2D eigenvalue weighted by atomic mass is 32.1. The minimum atomic E-state index is -4.64. The number of benzene rings is 2. The maximum absolute atomic E-state index is 13.7. The standard InChI is InChI=1S/C29H31F4N3O2S/c1-20-15-16-39-26(20)18-35(17-21-11-13-22(30)14-12-21)27(37)19-36(23-7-3-2-4-8-23)28(38)34-25-10-6-5-9-24(25)29(31,32)33/h5-6,9-16,23H,2-4,7-8,17-19H2,1H3,(H,34,38). The molecule has 1 aliphatic rings. The van der Waals surface area contributed by atoms with E-state index in [1.54, 1.807) is 17.0 Å². The van der Waals surface area contributed by atoms with Crippen LogP contribution in [0.1, 0.15) is 53.7 Å². The van der Waals surface area contributed by atoms with Crippen LogP contribution in [0, 0.1) is 12.7 Å². The fourth-order valence-corrected chi connectivity index (χ4v) is 5.73. The molecule has 0 spiro atoms. The molecule has 0 atom stereocenters. The van der Waals surface area contributed by atoms with Gasteiger partial charge < -0.3 is 15.1 Å². The Hall–Kier alpha value is -3.40. The number of carbonyl (C=O) groups excluding carboxylic acids is 2. The zero-order valence-corrected chi connectivity index (χ0v) is 22.5. The second kappa shape index (κ2) is 12.6. The number of para-hydroxylation sites is 1. The van der Waals surface area contributed by atoms with E-state index in [0.717, 1.165) is 41.3 Å². The van der Waals surface area contributed by atoms with Crippen molar-refractivity contribution in [3.63, 3.8) is 0 Å². The number of nitrogens with one attached hydrogen (secondary N) is 1. The highest BCUT2D eigenvalue weighted by molar-refractivity contribution is 7.10. The first-order valence-corrected chi connectivity index (χ1v) is 13.8. The van der Waals surface area contributed by atoms with Crippen molar-refractivity contribution in [2.75, 3.05) is 11.9 Å². The minimum absolute atomic E-state index is 0.202. The normalized spacial score (nSPS) is 14.2. The van der Waals surface area contributed by atoms with Crippen LogP contribution in [0.25, 0.3) is 0 Å². The topological polar surface area (TPSA) is 52.7 Å². The smallest absolute Gasteiger partial charge is 0.332 e. The molecule has 5 nitrogen and oxygen atoms in total. The van der Waals surface area contributed by atoms with Gasteiger partial charge in [0.1, 0.15) is 12.4 Å². The molecule has 4 rings (SSSR count). The molecule has 3 amide bonds. The third-order valence-corrected chi connectivity index (χ3v) is 8.01. The lowest BCUT2D eigenvalue weighted by atomic mass is 9.94. The van der Waals surface area contributed by atoms with E-state index >= 15 is 0 Å². The lowest BCUT2D eigenvalue weighted by Gasteiger charge is -2.35. The van der Waals surface area contributed by atoms with Crippen molar-refractivity contribution in [1.29, 1.82) is 0 Å². The Balaban J connectivity index is 1.59. The van der Waals surface area contributed by atoms with Crippen molar-refractivity contribution in [3.8, 4) is 0 Å². The molecular formula is C29H31F4N3O2S. The van der Waals surface area contributed by atoms with Gasteiger partial charge in [0.05, 0.1) is 17.8 Å². The number of rotatable bonds is 8. The summed E-state index contributed by atoms with van der Waals surface area (Å²) in [5, 5.41) is 4.36. The SMILES string of the molecule is Cc1ccsc1CN(Cc1ccc(F)cc1)C(=O)CN(C(=O)Nc1ccccc1C(F)(F)F)C1CCCCC1. The third-order valence-electron chi connectivity index (χ3n) is 7.00. The number of anilines is 1. The van der Waals surface area contributed by atoms with E-state index in [1.165, 1.54) is 46.6 Å². The van der Waals surface area contributed by atoms with Crippen LogP contribution in [-0.2, 0) is 24.1 Å². The highest BCUT2D eigenvalue weighted by Crippen LogP contribution is 2.35. The number of carbonyl (C=O) groups is 2. The molecule has 1 fully saturated rings. The van der Waals surface area contributed by atoms with Crippen LogP contribution in [0.3, 0.4) is 0 Å². The number of amides is 3. The monoisotopic (exact) mass is 561 g/mol. The number of hydrogen-bond acceptors (Lipinski definition) is 3. The van der Waals surface area contributed by atoms with E-state index in [9.17, 15) is 27.2 Å². The summed E-state index contributed by atoms with van der Waals surface area (Å²) < 4.78 is 54.2. The number of thiophene rings is 1. The van der Waals surface area contributed by atoms with Crippen LogP contribution in [-0.4, -0.2) is 34.3 Å². The quantitative estimate of drug-likeness (QED) is 0.288. The molecule has 0 unspecified atom stereocenters. The van der Waals surface area contributed by atoms with E-state index in [2.05, 4.69) is 5.32 Å². The molecule has 39 heavy (non-hydrogen) atoms. The van der Waals surface area contributed by atoms with Gasteiger partial charge in [-0.3, -0.25) is 4.79 Å². The molecule has 0 radical (unpaired) electrons. The molecule has 0 bridgehead atoms. The number of alkyl halides is 3. The van der Waals surface area contributed by atoms with Crippen molar-refractivity contribution < 1.29 is 27.2 Å². The fourth-order valence-electron chi connectivity index (χ4n) is 4.81. The Morgan fingerprint density at radius 1 is 0.974 bits per heavy atom. The second-order valence-corrected chi connectivity index (χ2v) is 10.8. The number of nitrogens with zero attached hydrogens (tertiary/aromatic N) is 2. The van der Waals surface area contributed by atoms with Gasteiger partial charge in [-0.05, 0) is 66.6 Å². The lowest BCUT2D eigenvalue weighted by molar-refractivity contribution is -0.137. The first kappa shape index (κ1) is 28.6. The fraction of sp³-hybridized carbons (Fsp3) is 0.379. The number of urea groups is 1. The predicted octanol–water partition coefficient (Wildman–Crippen LogP) is 7.61. The van der Waals surface area contributed by atoms with E-state index in [1.807, 2.05) is 18.4 Å². The summed E-state index contributed by atoms with van der Waals surface area (Å²) in [5.41, 5.74) is 0.467. The molecule has 10 heteroatoms. The van der Waals surface area contributed by atoms with E-state index in [-0.39, 0.29) is 36.5 Å². The first-order chi connectivity index (χ1) is 18.6. The van der Waals surface area contributed by atoms with Crippen molar-refractivity contribution in [3.05, 3.63) is 87.4 Å². The molecule has 0 aliphatic heterocycles. The molecule has 3 aromatic rings. The Labute approximate surface area is 229 Å². The van der Waals surface area contributed by atoms with Gasteiger partial charge in [-0.2, -0.15) is 13.2 Å². The Morgan fingerprint density at radius 3 is 2.31 bits per heavy atom. The molecule has 1 aliphatic carbocycles. The van der Waals surface area contributed by atoms with Gasteiger partial charge in [0, 0.05) is 17.5 Å². The van der Waals surface area contributed by atoms with Crippen molar-refractivity contribution in [2.45, 2.75) is 64.3 Å². The van der Waals surface area contributed by atoms with Gasteiger partial charge in [0.2, 0.25) is 5.91 Å². The van der Waals surface area contributed by atoms with Gasteiger partial charge in [-0.1, -0.05) is 43.5 Å². The first-order valence-electron chi connectivity index (χ1n) is 12.9. The minimum Gasteiger partial charge on any atom is -0.332 e. The summed E-state index contributed by atoms with van der Waals surface area (Å²) >= 11 is 1.51. The average Bonchev–Trinajstić information content (AvgIpc) is 3.32.